The summed E-state index contributed by atoms with van der Waals surface area (Å²) in [6.07, 6.45) is 13.5. The van der Waals surface area contributed by atoms with E-state index in [9.17, 15) is 9.59 Å². The van der Waals surface area contributed by atoms with Gasteiger partial charge in [0.15, 0.2) is 0 Å². The van der Waals surface area contributed by atoms with Crippen molar-refractivity contribution >= 4 is 17.8 Å². The van der Waals surface area contributed by atoms with Crippen molar-refractivity contribution in [3.8, 4) is 0 Å². The van der Waals surface area contributed by atoms with Crippen LogP contribution in [0.25, 0.3) is 0 Å². The van der Waals surface area contributed by atoms with E-state index >= 15 is 0 Å². The molecule has 0 aromatic rings. The fourth-order valence-corrected chi connectivity index (χ4v) is 2.74. The van der Waals surface area contributed by atoms with E-state index in [-0.39, 0.29) is 11.9 Å². The number of carboxylic acid groups (broad SMARTS) is 1. The van der Waals surface area contributed by atoms with Gasteiger partial charge >= 0.3 is 5.97 Å². The predicted molar refractivity (Wildman–Crippen MR) is 117 cm³/mol. The van der Waals surface area contributed by atoms with Crippen LogP contribution in [0.15, 0.2) is 0 Å². The minimum atomic E-state index is -0.833. The molecule has 0 aromatic carbocycles. The normalized spacial score (nSPS) is 11.2. The van der Waals surface area contributed by atoms with Gasteiger partial charge in [-0.05, 0) is 32.2 Å². The van der Waals surface area contributed by atoms with Crippen LogP contribution in [0.4, 0.5) is 0 Å². The lowest BCUT2D eigenvalue weighted by atomic mass is 10.1. The zero-order chi connectivity index (χ0) is 22.3. The molecule has 1 atom stereocenters. The van der Waals surface area contributed by atoms with Gasteiger partial charge in [0.1, 0.15) is 6.04 Å². The molecule has 0 heterocycles. The third-order valence-electron chi connectivity index (χ3n) is 4.27. The average molecular weight is 417 g/mol. The van der Waals surface area contributed by atoms with Crippen LogP contribution in [0.3, 0.4) is 0 Å². The molecule has 0 radical (unpaired) electrons. The van der Waals surface area contributed by atoms with Crippen LogP contribution in [0.1, 0.15) is 104 Å². The Morgan fingerprint density at radius 2 is 1.41 bits per heavy atom. The predicted octanol–water partition coefficient (Wildman–Crippen LogP) is 4.18. The van der Waals surface area contributed by atoms with Gasteiger partial charge < -0.3 is 20.9 Å². The molecule has 0 bridgehead atoms. The molecular formula is C22H44N2O5. The number of carboxylic acids is 1. The Bertz CT molecular complexity index is 412. The molecule has 7 heteroatoms. The fraction of sp³-hybridized carbons (Fsp3) is 0.864. The number of ether oxygens (including phenoxy) is 1. The molecule has 0 saturated heterocycles. The number of carbonyl (C=O) groups excluding carboxylic acids is 2. The van der Waals surface area contributed by atoms with Crippen molar-refractivity contribution in [2.24, 2.45) is 5.73 Å². The molecule has 0 spiro atoms. The molecule has 0 saturated carbocycles. The smallest absolute Gasteiger partial charge is 0.328 e. The number of esters is 1. The second-order valence-corrected chi connectivity index (χ2v) is 7.32. The quantitative estimate of drug-likeness (QED) is 0.242. The average Bonchev–Trinajstić information content (AvgIpc) is 2.67. The summed E-state index contributed by atoms with van der Waals surface area (Å²) in [5.74, 6) is -1.23. The summed E-state index contributed by atoms with van der Waals surface area (Å²) < 4.78 is 5.15. The van der Waals surface area contributed by atoms with Gasteiger partial charge in [0.05, 0.1) is 6.61 Å². The first-order chi connectivity index (χ1) is 13.9. The number of hydrogen-bond donors (Lipinski definition) is 3. The van der Waals surface area contributed by atoms with Crippen LogP contribution < -0.4 is 11.1 Å². The molecule has 0 rings (SSSR count). The van der Waals surface area contributed by atoms with Gasteiger partial charge in [0.25, 0.3) is 5.97 Å². The number of nitrogens with one attached hydrogen (secondary N) is 1. The SMILES string of the molecule is CC(=O)O.CCCCCCCCCCCC(=O)NC(CCCN)C(=O)OCCC. The Hall–Kier alpha value is -1.63. The first-order valence-electron chi connectivity index (χ1n) is 11.2. The van der Waals surface area contributed by atoms with Crippen molar-refractivity contribution < 1.29 is 24.2 Å². The second-order valence-electron chi connectivity index (χ2n) is 7.32. The highest BCUT2D eigenvalue weighted by molar-refractivity contribution is 5.84. The molecule has 0 aromatic heterocycles. The molecule has 4 N–H and O–H groups in total. The third-order valence-corrected chi connectivity index (χ3v) is 4.27. The highest BCUT2D eigenvalue weighted by atomic mass is 16.5. The summed E-state index contributed by atoms with van der Waals surface area (Å²) >= 11 is 0. The first kappa shape index (κ1) is 29.6. The van der Waals surface area contributed by atoms with E-state index in [2.05, 4.69) is 12.2 Å². The highest BCUT2D eigenvalue weighted by Crippen LogP contribution is 2.10. The van der Waals surface area contributed by atoms with Crippen LogP contribution >= 0.6 is 0 Å². The Balaban J connectivity index is 0. The summed E-state index contributed by atoms with van der Waals surface area (Å²) in [6, 6.07) is -0.554. The number of rotatable bonds is 17. The topological polar surface area (TPSA) is 119 Å². The van der Waals surface area contributed by atoms with Crippen molar-refractivity contribution in [3.63, 3.8) is 0 Å². The highest BCUT2D eigenvalue weighted by Gasteiger charge is 2.21. The van der Waals surface area contributed by atoms with E-state index in [0.29, 0.717) is 32.4 Å². The van der Waals surface area contributed by atoms with Crippen molar-refractivity contribution in [1.82, 2.24) is 5.32 Å². The van der Waals surface area contributed by atoms with Crippen LogP contribution in [0.2, 0.25) is 0 Å². The summed E-state index contributed by atoms with van der Waals surface area (Å²) in [4.78, 5) is 33.0. The molecule has 7 nitrogen and oxygen atoms in total. The van der Waals surface area contributed by atoms with E-state index in [0.717, 1.165) is 26.2 Å². The molecule has 0 aliphatic heterocycles. The summed E-state index contributed by atoms with van der Waals surface area (Å²) in [7, 11) is 0. The van der Waals surface area contributed by atoms with Crippen LogP contribution in [-0.4, -0.2) is 42.1 Å². The van der Waals surface area contributed by atoms with Crippen molar-refractivity contribution in [2.45, 2.75) is 110 Å². The van der Waals surface area contributed by atoms with Gasteiger partial charge in [-0.25, -0.2) is 4.79 Å². The molecule has 29 heavy (non-hydrogen) atoms. The summed E-state index contributed by atoms with van der Waals surface area (Å²) in [5, 5.41) is 10.2. The number of unbranched alkanes of at least 4 members (excludes halogenated alkanes) is 8. The van der Waals surface area contributed by atoms with Gasteiger partial charge in [-0.1, -0.05) is 65.2 Å². The largest absolute Gasteiger partial charge is 0.481 e. The van der Waals surface area contributed by atoms with Crippen LogP contribution in [0, 0.1) is 0 Å². The fourth-order valence-electron chi connectivity index (χ4n) is 2.74. The standard InChI is InChI=1S/C20H40N2O3.C2H4O2/c1-3-5-6-7-8-9-10-11-12-15-19(23)22-18(14-13-16-21)20(24)25-17-4-2;1-2(3)4/h18H,3-17,21H2,1-2H3,(H,22,23);1H3,(H,3,4). The maximum absolute atomic E-state index is 12.1. The van der Waals surface area contributed by atoms with Crippen molar-refractivity contribution in [2.75, 3.05) is 13.2 Å². The molecule has 172 valence electrons. The van der Waals surface area contributed by atoms with Gasteiger partial charge in [0, 0.05) is 13.3 Å². The lowest BCUT2D eigenvalue weighted by Gasteiger charge is -2.17. The molecule has 0 fully saturated rings. The lowest BCUT2D eigenvalue weighted by molar-refractivity contribution is -0.148. The van der Waals surface area contributed by atoms with Gasteiger partial charge in [-0.2, -0.15) is 0 Å². The summed E-state index contributed by atoms with van der Waals surface area (Å²) in [6.45, 7) is 6.16. The zero-order valence-electron chi connectivity index (χ0n) is 18.8. The second kappa shape index (κ2) is 22.7. The lowest BCUT2D eigenvalue weighted by Crippen LogP contribution is -2.42. The minimum Gasteiger partial charge on any atom is -0.481 e. The van der Waals surface area contributed by atoms with E-state index in [1.54, 1.807) is 0 Å². The molecule has 1 unspecified atom stereocenters. The van der Waals surface area contributed by atoms with Gasteiger partial charge in [0.2, 0.25) is 5.91 Å². The van der Waals surface area contributed by atoms with E-state index in [1.165, 1.54) is 44.9 Å². The number of carbonyl (C=O) groups is 3. The first-order valence-corrected chi connectivity index (χ1v) is 11.2. The molecule has 1 amide bonds. The van der Waals surface area contributed by atoms with Crippen LogP contribution in [0.5, 0.6) is 0 Å². The Labute approximate surface area is 177 Å². The van der Waals surface area contributed by atoms with Crippen LogP contribution in [-0.2, 0) is 19.1 Å². The molecule has 0 aliphatic carbocycles. The van der Waals surface area contributed by atoms with E-state index in [1.807, 2.05) is 6.92 Å². The van der Waals surface area contributed by atoms with Crippen molar-refractivity contribution in [3.05, 3.63) is 0 Å². The Morgan fingerprint density at radius 3 is 1.90 bits per heavy atom. The number of hydrogen-bond acceptors (Lipinski definition) is 5. The third kappa shape index (κ3) is 24.3. The Kier molecular flexibility index (Phi) is 23.1. The monoisotopic (exact) mass is 416 g/mol. The van der Waals surface area contributed by atoms with E-state index < -0.39 is 12.0 Å². The number of amides is 1. The molecule has 0 aliphatic rings. The number of aliphatic carboxylic acids is 1. The van der Waals surface area contributed by atoms with Crippen molar-refractivity contribution in [1.29, 1.82) is 0 Å². The maximum atomic E-state index is 12.1. The summed E-state index contributed by atoms with van der Waals surface area (Å²) in [5.41, 5.74) is 5.51. The Morgan fingerprint density at radius 1 is 0.897 bits per heavy atom. The zero-order valence-corrected chi connectivity index (χ0v) is 18.8. The van der Waals surface area contributed by atoms with E-state index in [4.69, 9.17) is 20.4 Å². The minimum absolute atomic E-state index is 0.0570. The van der Waals surface area contributed by atoms with Gasteiger partial charge in [-0.3, -0.25) is 9.59 Å². The molecular weight excluding hydrogens is 372 g/mol. The maximum Gasteiger partial charge on any atom is 0.328 e. The number of nitrogens with two attached hydrogens (primary N) is 1. The van der Waals surface area contributed by atoms with Gasteiger partial charge in [-0.15, -0.1) is 0 Å².